The van der Waals surface area contributed by atoms with E-state index in [1.165, 1.54) is 0 Å². The van der Waals surface area contributed by atoms with Crippen LogP contribution in [0.5, 0.6) is 0 Å². The first kappa shape index (κ1) is 12.2. The molecule has 14 heavy (non-hydrogen) atoms. The molecule has 0 aliphatic carbocycles. The van der Waals surface area contributed by atoms with Crippen LogP contribution in [0.1, 0.15) is 27.7 Å². The van der Waals surface area contributed by atoms with Crippen LogP contribution in [0.4, 0.5) is 0 Å². The molecule has 2 atom stereocenters. The van der Waals surface area contributed by atoms with Crippen LogP contribution < -0.4 is 0 Å². The van der Waals surface area contributed by atoms with Gasteiger partial charge in [-0.3, -0.25) is 0 Å². The summed E-state index contributed by atoms with van der Waals surface area (Å²) in [5.74, 6) is 0.559. The number of epoxide rings is 1. The van der Waals surface area contributed by atoms with Gasteiger partial charge in [-0.05, 0) is 18.1 Å². The summed E-state index contributed by atoms with van der Waals surface area (Å²) in [4.78, 5) is 0. The van der Waals surface area contributed by atoms with Gasteiger partial charge in [0.2, 0.25) is 0 Å². The summed E-state index contributed by atoms with van der Waals surface area (Å²) >= 11 is 0. The predicted molar refractivity (Wildman–Crippen MR) is 62.1 cm³/mol. The van der Waals surface area contributed by atoms with Gasteiger partial charge < -0.3 is 9.16 Å². The van der Waals surface area contributed by atoms with Gasteiger partial charge in [0, 0.05) is 12.5 Å². The molecule has 2 nitrogen and oxygen atoms in total. The van der Waals surface area contributed by atoms with E-state index < -0.39 is 8.32 Å². The van der Waals surface area contributed by atoms with E-state index in [1.54, 1.807) is 0 Å². The molecule has 1 heterocycles. The molecule has 84 valence electrons. The van der Waals surface area contributed by atoms with Gasteiger partial charge in [0.05, 0.1) is 12.7 Å². The maximum Gasteiger partial charge on any atom is 0.191 e. The topological polar surface area (TPSA) is 21.8 Å². The Hall–Kier alpha value is 0.137. The Morgan fingerprint density at radius 2 is 1.93 bits per heavy atom. The van der Waals surface area contributed by atoms with Crippen molar-refractivity contribution in [2.45, 2.75) is 51.9 Å². The maximum absolute atomic E-state index is 6.12. The van der Waals surface area contributed by atoms with Crippen molar-refractivity contribution in [3.8, 4) is 0 Å². The molecule has 1 rings (SSSR count). The summed E-state index contributed by atoms with van der Waals surface area (Å²) in [6.45, 7) is 15.4. The highest BCUT2D eigenvalue weighted by Gasteiger charge is 2.38. The van der Waals surface area contributed by atoms with E-state index >= 15 is 0 Å². The lowest BCUT2D eigenvalue weighted by Gasteiger charge is -2.36. The fourth-order valence-electron chi connectivity index (χ4n) is 1.05. The van der Waals surface area contributed by atoms with Gasteiger partial charge in [0.1, 0.15) is 0 Å². The molecule has 1 saturated heterocycles. The van der Waals surface area contributed by atoms with Crippen LogP contribution in [0, 0.1) is 5.92 Å². The molecular formula is C11H24O2Si. The monoisotopic (exact) mass is 216 g/mol. The highest BCUT2D eigenvalue weighted by atomic mass is 28.4. The molecule has 1 fully saturated rings. The van der Waals surface area contributed by atoms with Crippen molar-refractivity contribution in [3.05, 3.63) is 0 Å². The van der Waals surface area contributed by atoms with Crippen LogP contribution in [0.25, 0.3) is 0 Å². The van der Waals surface area contributed by atoms with Crippen molar-refractivity contribution in [2.75, 3.05) is 13.2 Å². The SMILES string of the molecule is C[C@H](CO[Si](C)(C)C(C)(C)C)[C@@H]1CO1. The molecule has 0 saturated carbocycles. The Morgan fingerprint density at radius 3 is 2.29 bits per heavy atom. The maximum atomic E-state index is 6.12. The van der Waals surface area contributed by atoms with E-state index in [2.05, 4.69) is 40.8 Å². The lowest BCUT2D eigenvalue weighted by atomic mass is 10.1. The summed E-state index contributed by atoms with van der Waals surface area (Å²) in [6, 6.07) is 0. The summed E-state index contributed by atoms with van der Waals surface area (Å²) in [5.41, 5.74) is 0. The minimum Gasteiger partial charge on any atom is -0.416 e. The molecule has 0 radical (unpaired) electrons. The van der Waals surface area contributed by atoms with Crippen molar-refractivity contribution in [3.63, 3.8) is 0 Å². The van der Waals surface area contributed by atoms with E-state index in [0.717, 1.165) is 13.2 Å². The van der Waals surface area contributed by atoms with E-state index in [-0.39, 0.29) is 0 Å². The summed E-state index contributed by atoms with van der Waals surface area (Å²) in [5, 5.41) is 0.317. The molecule has 0 N–H and O–H groups in total. The molecule has 0 aromatic carbocycles. The van der Waals surface area contributed by atoms with Gasteiger partial charge >= 0.3 is 0 Å². The summed E-state index contributed by atoms with van der Waals surface area (Å²) in [6.07, 6.45) is 0.472. The molecule has 0 aromatic heterocycles. The van der Waals surface area contributed by atoms with Gasteiger partial charge in [-0.1, -0.05) is 27.7 Å². The molecule has 0 aromatic rings. The Kier molecular flexibility index (Phi) is 3.44. The lowest BCUT2D eigenvalue weighted by molar-refractivity contribution is 0.207. The lowest BCUT2D eigenvalue weighted by Crippen LogP contribution is -2.42. The zero-order valence-corrected chi connectivity index (χ0v) is 11.4. The summed E-state index contributed by atoms with van der Waals surface area (Å²) in [7, 11) is -1.54. The molecule has 3 heteroatoms. The van der Waals surface area contributed by atoms with Crippen molar-refractivity contribution in [1.82, 2.24) is 0 Å². The second kappa shape index (κ2) is 3.95. The average Bonchev–Trinajstić information content (AvgIpc) is 2.80. The molecular weight excluding hydrogens is 192 g/mol. The number of rotatable bonds is 4. The highest BCUT2D eigenvalue weighted by Crippen LogP contribution is 2.37. The average molecular weight is 216 g/mol. The first-order valence-corrected chi connectivity index (χ1v) is 8.40. The van der Waals surface area contributed by atoms with E-state index in [1.807, 2.05) is 0 Å². The number of hydrogen-bond donors (Lipinski definition) is 0. The minimum absolute atomic E-state index is 0.317. The van der Waals surface area contributed by atoms with Gasteiger partial charge in [-0.15, -0.1) is 0 Å². The molecule has 1 aliphatic heterocycles. The quantitative estimate of drug-likeness (QED) is 0.532. The van der Waals surface area contributed by atoms with E-state index in [0.29, 0.717) is 17.1 Å². The molecule has 1 aliphatic rings. The Bertz CT molecular complexity index is 192. The van der Waals surface area contributed by atoms with Crippen LogP contribution in [0.2, 0.25) is 18.1 Å². The third-order valence-corrected chi connectivity index (χ3v) is 8.01. The Balaban J connectivity index is 2.35. The van der Waals surface area contributed by atoms with Crippen molar-refractivity contribution in [2.24, 2.45) is 5.92 Å². The smallest absolute Gasteiger partial charge is 0.191 e. The molecule has 0 bridgehead atoms. The number of ether oxygens (including phenoxy) is 1. The first-order chi connectivity index (χ1) is 6.24. The largest absolute Gasteiger partial charge is 0.416 e. The van der Waals surface area contributed by atoms with Crippen molar-refractivity contribution < 1.29 is 9.16 Å². The fraction of sp³-hybridized carbons (Fsp3) is 1.00. The van der Waals surface area contributed by atoms with Crippen LogP contribution >= 0.6 is 0 Å². The molecule has 0 amide bonds. The standard InChI is InChI=1S/C11H24O2Si/c1-9(10-8-12-10)7-13-14(5,6)11(2,3)4/h9-10H,7-8H2,1-6H3/t9-,10+/m1/s1. The normalized spacial score (nSPS) is 24.9. The van der Waals surface area contributed by atoms with E-state index in [4.69, 9.17) is 9.16 Å². The zero-order valence-electron chi connectivity index (χ0n) is 10.4. The highest BCUT2D eigenvalue weighted by molar-refractivity contribution is 6.74. The van der Waals surface area contributed by atoms with Crippen LogP contribution in [-0.4, -0.2) is 27.6 Å². The van der Waals surface area contributed by atoms with Crippen molar-refractivity contribution in [1.29, 1.82) is 0 Å². The van der Waals surface area contributed by atoms with E-state index in [9.17, 15) is 0 Å². The minimum atomic E-state index is -1.54. The van der Waals surface area contributed by atoms with Gasteiger partial charge in [-0.25, -0.2) is 0 Å². The van der Waals surface area contributed by atoms with Gasteiger partial charge in [0.25, 0.3) is 0 Å². The molecule has 0 spiro atoms. The Labute approximate surface area is 89.1 Å². The van der Waals surface area contributed by atoms with Crippen molar-refractivity contribution >= 4 is 8.32 Å². The van der Waals surface area contributed by atoms with Gasteiger partial charge in [-0.2, -0.15) is 0 Å². The van der Waals surface area contributed by atoms with Crippen LogP contribution in [0.3, 0.4) is 0 Å². The summed E-state index contributed by atoms with van der Waals surface area (Å²) < 4.78 is 11.4. The predicted octanol–water partition coefficient (Wildman–Crippen LogP) is 3.04. The second-order valence-corrected chi connectivity index (χ2v) is 10.7. The Morgan fingerprint density at radius 1 is 1.43 bits per heavy atom. The van der Waals surface area contributed by atoms with Crippen LogP contribution in [0.15, 0.2) is 0 Å². The first-order valence-electron chi connectivity index (χ1n) is 5.49. The van der Waals surface area contributed by atoms with Gasteiger partial charge in [0.15, 0.2) is 8.32 Å². The molecule has 0 unspecified atom stereocenters. The van der Waals surface area contributed by atoms with Crippen LogP contribution in [-0.2, 0) is 9.16 Å². The zero-order chi connectivity index (χ0) is 11.0. The third-order valence-electron chi connectivity index (χ3n) is 3.51. The fourth-order valence-corrected chi connectivity index (χ4v) is 2.16. The number of hydrogen-bond acceptors (Lipinski definition) is 2. The second-order valence-electron chi connectivity index (χ2n) is 5.92. The third kappa shape index (κ3) is 3.07.